The minimum absolute atomic E-state index is 0.133. The highest BCUT2D eigenvalue weighted by molar-refractivity contribution is 5.92. The average molecular weight is 685 g/mol. The number of hydrogen-bond acceptors (Lipinski definition) is 5. The van der Waals surface area contributed by atoms with Gasteiger partial charge in [0.05, 0.1) is 13.1 Å². The Morgan fingerprint density at radius 1 is 0.780 bits per heavy atom. The number of nitrogens with two attached hydrogens (primary N) is 2. The number of aryl methyl sites for hydroxylation is 1. The predicted molar refractivity (Wildman–Crippen MR) is 200 cm³/mol. The van der Waals surface area contributed by atoms with Crippen LogP contribution >= 0.6 is 0 Å². The van der Waals surface area contributed by atoms with Gasteiger partial charge in [-0.3, -0.25) is 24.2 Å². The summed E-state index contributed by atoms with van der Waals surface area (Å²) in [6, 6.07) is 21.4. The molecule has 1 fully saturated rings. The number of hydrogen-bond donors (Lipinski definition) is 7. The molecule has 50 heavy (non-hydrogen) atoms. The van der Waals surface area contributed by atoms with Crippen molar-refractivity contribution in [2.45, 2.75) is 71.3 Å². The van der Waals surface area contributed by atoms with Gasteiger partial charge in [-0.05, 0) is 54.2 Å². The van der Waals surface area contributed by atoms with Crippen LogP contribution in [0.2, 0.25) is 0 Å². The standard InChI is InChI=1S/C25H32N4O4.C9H9N.C4H11N3/c30-22-10-4-2-1-3-7-13-26-23(31)16-27-24(32)17-28-25(33)21(29-22)15-18-11-12-19-8-5-6-9-20(19)14-18;1-7-6-10-9-5-3-2-4-8(7)9;1-2-3-7-4(5)6/h5-6,8-9,11-12,14,21H,1-4,7,10,13,15-17H2,(H,26,31)(H,27,32)(H,28,33)(H,29,30);2-6,10H,1H3;2-3H2,1H3,(H4,5,6,7). The molecule has 4 amide bonds. The SMILES string of the molecule is CCCN=C(N)N.Cc1c[nH]c2ccccc12.O=C1CNC(=O)CNC(=O)C(Cc2ccc3ccccc3c2)NC(=O)CCCCCCCN1. The summed E-state index contributed by atoms with van der Waals surface area (Å²) < 4.78 is 0. The van der Waals surface area contributed by atoms with Crippen molar-refractivity contribution in [1.29, 1.82) is 0 Å². The molecule has 12 nitrogen and oxygen atoms in total. The summed E-state index contributed by atoms with van der Waals surface area (Å²) in [5.74, 6) is -1.14. The number of carbonyl (C=O) groups excluding carboxylic acids is 4. The Hall–Kier alpha value is -5.39. The second kappa shape index (κ2) is 21.6. The number of rotatable bonds is 4. The first kappa shape index (κ1) is 39.1. The van der Waals surface area contributed by atoms with Crippen LogP contribution in [-0.2, 0) is 25.6 Å². The smallest absolute Gasteiger partial charge is 0.243 e. The number of aromatic amines is 1. The quantitative estimate of drug-likeness (QED) is 0.126. The van der Waals surface area contributed by atoms with E-state index in [-0.39, 0.29) is 30.9 Å². The van der Waals surface area contributed by atoms with Gasteiger partial charge in [0.15, 0.2) is 5.96 Å². The van der Waals surface area contributed by atoms with Crippen molar-refractivity contribution >= 4 is 51.3 Å². The Morgan fingerprint density at radius 2 is 1.46 bits per heavy atom. The fourth-order valence-corrected chi connectivity index (χ4v) is 5.30. The van der Waals surface area contributed by atoms with E-state index in [9.17, 15) is 19.2 Å². The molecule has 0 radical (unpaired) electrons. The third-order valence-electron chi connectivity index (χ3n) is 7.99. The second-order valence-corrected chi connectivity index (χ2v) is 12.2. The van der Waals surface area contributed by atoms with E-state index in [2.05, 4.69) is 56.4 Å². The molecule has 5 rings (SSSR count). The monoisotopic (exact) mass is 684 g/mol. The fraction of sp³-hybridized carbons (Fsp3) is 0.395. The summed E-state index contributed by atoms with van der Waals surface area (Å²) in [6.07, 6.45) is 8.13. The molecule has 1 aliphatic heterocycles. The van der Waals surface area contributed by atoms with Crippen molar-refractivity contribution in [1.82, 2.24) is 26.3 Å². The summed E-state index contributed by atoms with van der Waals surface area (Å²) in [5.41, 5.74) is 13.5. The third-order valence-corrected chi connectivity index (χ3v) is 7.99. The molecule has 1 aromatic heterocycles. The highest BCUT2D eigenvalue weighted by Gasteiger charge is 2.22. The molecule has 4 aromatic rings. The van der Waals surface area contributed by atoms with Gasteiger partial charge in [0, 0.05) is 43.0 Å². The number of aliphatic imine (C=N–C) groups is 1. The zero-order chi connectivity index (χ0) is 36.1. The number of guanidine groups is 1. The van der Waals surface area contributed by atoms with Crippen LogP contribution in [0.4, 0.5) is 0 Å². The second-order valence-electron chi connectivity index (χ2n) is 12.2. The summed E-state index contributed by atoms with van der Waals surface area (Å²) >= 11 is 0. The van der Waals surface area contributed by atoms with Crippen molar-refractivity contribution in [3.05, 3.63) is 84.1 Å². The Labute approximate surface area is 294 Å². The lowest BCUT2D eigenvalue weighted by Gasteiger charge is -2.19. The predicted octanol–water partition coefficient (Wildman–Crippen LogP) is 3.72. The Balaban J connectivity index is 0.000000322. The average Bonchev–Trinajstić information content (AvgIpc) is 3.50. The normalized spacial score (nSPS) is 16.5. The van der Waals surface area contributed by atoms with Gasteiger partial charge in [-0.25, -0.2) is 0 Å². The lowest BCUT2D eigenvalue weighted by Crippen LogP contribution is -2.50. The highest BCUT2D eigenvalue weighted by atomic mass is 16.2. The maximum Gasteiger partial charge on any atom is 0.243 e. The van der Waals surface area contributed by atoms with Crippen molar-refractivity contribution < 1.29 is 19.2 Å². The molecule has 1 aliphatic rings. The van der Waals surface area contributed by atoms with Crippen molar-refractivity contribution in [2.75, 3.05) is 26.2 Å². The van der Waals surface area contributed by atoms with E-state index in [1.165, 1.54) is 16.5 Å². The molecule has 12 heteroatoms. The minimum Gasteiger partial charge on any atom is -0.370 e. The molecule has 0 aliphatic carbocycles. The molecule has 0 saturated carbocycles. The molecule has 0 spiro atoms. The van der Waals surface area contributed by atoms with Crippen molar-refractivity contribution in [3.63, 3.8) is 0 Å². The van der Waals surface area contributed by atoms with Crippen LogP contribution in [0.15, 0.2) is 77.9 Å². The van der Waals surface area contributed by atoms with Gasteiger partial charge in [-0.15, -0.1) is 0 Å². The van der Waals surface area contributed by atoms with E-state index in [0.29, 0.717) is 19.4 Å². The van der Waals surface area contributed by atoms with Crippen molar-refractivity contribution in [3.8, 4) is 0 Å². The lowest BCUT2D eigenvalue weighted by molar-refractivity contribution is -0.130. The number of benzene rings is 3. The van der Waals surface area contributed by atoms with Gasteiger partial charge >= 0.3 is 0 Å². The van der Waals surface area contributed by atoms with Gasteiger partial charge in [0.2, 0.25) is 23.6 Å². The number of amides is 4. The van der Waals surface area contributed by atoms with Crippen molar-refractivity contribution in [2.24, 2.45) is 16.5 Å². The molecular weight excluding hydrogens is 632 g/mol. The first-order valence-electron chi connectivity index (χ1n) is 17.3. The van der Waals surface area contributed by atoms with E-state index in [4.69, 9.17) is 11.5 Å². The van der Waals surface area contributed by atoms with Gasteiger partial charge in [-0.2, -0.15) is 0 Å². The van der Waals surface area contributed by atoms with Crippen LogP contribution in [0.25, 0.3) is 21.7 Å². The Morgan fingerprint density at radius 3 is 2.20 bits per heavy atom. The van der Waals surface area contributed by atoms with E-state index in [1.54, 1.807) is 0 Å². The van der Waals surface area contributed by atoms with Gasteiger partial charge in [-0.1, -0.05) is 86.8 Å². The zero-order valence-electron chi connectivity index (χ0n) is 29.2. The summed E-state index contributed by atoms with van der Waals surface area (Å²) in [5, 5.41) is 14.2. The zero-order valence-corrected chi connectivity index (χ0v) is 29.2. The molecule has 1 atom stereocenters. The summed E-state index contributed by atoms with van der Waals surface area (Å²) in [4.78, 5) is 56.1. The number of H-pyrrole nitrogens is 1. The van der Waals surface area contributed by atoms with E-state index in [0.717, 1.165) is 61.4 Å². The number of fused-ring (bicyclic) bond motifs is 2. The largest absolute Gasteiger partial charge is 0.370 e. The molecule has 2 heterocycles. The summed E-state index contributed by atoms with van der Waals surface area (Å²) in [6.45, 7) is 5.03. The van der Waals surface area contributed by atoms with Crippen LogP contribution in [0.1, 0.15) is 63.0 Å². The Kier molecular flexibility index (Phi) is 16.8. The van der Waals surface area contributed by atoms with Crippen LogP contribution in [0.5, 0.6) is 0 Å². The van der Waals surface area contributed by atoms with E-state index in [1.807, 2.05) is 61.7 Å². The molecule has 0 bridgehead atoms. The molecule has 1 saturated heterocycles. The fourth-order valence-electron chi connectivity index (χ4n) is 5.30. The van der Waals surface area contributed by atoms with Crippen LogP contribution in [-0.4, -0.2) is 66.8 Å². The molecule has 3 aromatic carbocycles. The number of aromatic nitrogens is 1. The van der Waals surface area contributed by atoms with Crippen LogP contribution < -0.4 is 32.7 Å². The number of carbonyl (C=O) groups is 4. The molecule has 268 valence electrons. The molecule has 1 unspecified atom stereocenters. The van der Waals surface area contributed by atoms with Gasteiger partial charge in [0.1, 0.15) is 6.04 Å². The molecule has 9 N–H and O–H groups in total. The highest BCUT2D eigenvalue weighted by Crippen LogP contribution is 2.17. The van der Waals surface area contributed by atoms with E-state index >= 15 is 0 Å². The van der Waals surface area contributed by atoms with Crippen LogP contribution in [0.3, 0.4) is 0 Å². The van der Waals surface area contributed by atoms with Crippen LogP contribution in [0, 0.1) is 6.92 Å². The first-order valence-corrected chi connectivity index (χ1v) is 17.3. The van der Waals surface area contributed by atoms with Gasteiger partial charge < -0.3 is 37.7 Å². The summed E-state index contributed by atoms with van der Waals surface area (Å²) in [7, 11) is 0. The topological polar surface area (TPSA) is 197 Å². The lowest BCUT2D eigenvalue weighted by atomic mass is 10.0. The number of nitrogens with one attached hydrogen (secondary N) is 5. The van der Waals surface area contributed by atoms with E-state index < -0.39 is 17.9 Å². The maximum absolute atomic E-state index is 12.8. The third kappa shape index (κ3) is 14.4. The number of para-hydroxylation sites is 1. The molecular formula is C38H52N8O4. The maximum atomic E-state index is 12.8. The van der Waals surface area contributed by atoms with Gasteiger partial charge in [0.25, 0.3) is 0 Å². The first-order chi connectivity index (χ1) is 24.2. The number of nitrogens with zero attached hydrogens (tertiary/aromatic N) is 1. The minimum atomic E-state index is -0.798. The Bertz CT molecular complexity index is 1710.